The molecule has 9 nitrogen and oxygen atoms in total. The van der Waals surface area contributed by atoms with E-state index in [1.54, 1.807) is 49.6 Å². The summed E-state index contributed by atoms with van der Waals surface area (Å²) in [5.41, 5.74) is 6.21. The third-order valence-corrected chi connectivity index (χ3v) is 6.72. The fourth-order valence-electron chi connectivity index (χ4n) is 4.32. The van der Waals surface area contributed by atoms with Gasteiger partial charge in [-0.25, -0.2) is 4.79 Å². The summed E-state index contributed by atoms with van der Waals surface area (Å²) in [4.78, 5) is 43.7. The molecule has 4 aromatic rings. The van der Waals surface area contributed by atoms with Gasteiger partial charge >= 0.3 is 11.9 Å². The first-order valence-electron chi connectivity index (χ1n) is 16.4. The van der Waals surface area contributed by atoms with Crippen molar-refractivity contribution in [1.82, 2.24) is 0 Å². The average molecular weight is 717 g/mol. The molecule has 0 aliphatic heterocycles. The van der Waals surface area contributed by atoms with E-state index in [4.69, 9.17) is 28.5 Å². The Labute approximate surface area is 311 Å². The lowest BCUT2D eigenvalue weighted by molar-refractivity contribution is -0.135. The van der Waals surface area contributed by atoms with Crippen molar-refractivity contribution in [2.45, 2.75) is 34.1 Å². The zero-order valence-corrected chi connectivity index (χ0v) is 30.6. The number of rotatable bonds is 14. The highest BCUT2D eigenvalue weighted by Gasteiger charge is 2.14. The summed E-state index contributed by atoms with van der Waals surface area (Å²) in [6, 6.07) is 24.2. The van der Waals surface area contributed by atoms with Gasteiger partial charge in [0.25, 0.3) is 6.47 Å². The van der Waals surface area contributed by atoms with Gasteiger partial charge in [-0.15, -0.1) is 6.58 Å². The Kier molecular flexibility index (Phi) is 18.3. The summed E-state index contributed by atoms with van der Waals surface area (Å²) in [6.45, 7) is 17.7. The molecule has 0 bridgehead atoms. The van der Waals surface area contributed by atoms with Gasteiger partial charge in [0.15, 0.2) is 23.0 Å². The first kappa shape index (κ1) is 42.4. The Bertz CT molecular complexity index is 1940. The van der Waals surface area contributed by atoms with Gasteiger partial charge in [0.05, 0.1) is 13.4 Å². The van der Waals surface area contributed by atoms with Crippen LogP contribution in [0, 0.1) is 0 Å². The Morgan fingerprint density at radius 3 is 1.81 bits per heavy atom. The lowest BCUT2D eigenvalue weighted by atomic mass is 9.98. The van der Waals surface area contributed by atoms with Crippen LogP contribution in [0.15, 0.2) is 129 Å². The molecule has 4 aromatic carbocycles. The second kappa shape index (κ2) is 22.9. The van der Waals surface area contributed by atoms with Crippen LogP contribution in [0.1, 0.15) is 45.2 Å². The molecule has 0 heterocycles. The number of aldehydes is 1. The maximum absolute atomic E-state index is 11.9. The van der Waals surface area contributed by atoms with Gasteiger partial charge in [-0.2, -0.15) is 0 Å². The van der Waals surface area contributed by atoms with Gasteiger partial charge in [0.2, 0.25) is 0 Å². The maximum Gasteiger partial charge on any atom is 0.335 e. The quantitative estimate of drug-likeness (QED) is 0.0239. The van der Waals surface area contributed by atoms with E-state index in [1.807, 2.05) is 81.5 Å². The smallest absolute Gasteiger partial charge is 0.335 e. The van der Waals surface area contributed by atoms with Gasteiger partial charge < -0.3 is 23.7 Å². The third kappa shape index (κ3) is 13.8. The van der Waals surface area contributed by atoms with E-state index in [-0.39, 0.29) is 17.9 Å². The Morgan fingerprint density at radius 2 is 1.25 bits per heavy atom. The normalized spacial score (nSPS) is 9.75. The molecule has 0 aliphatic carbocycles. The highest BCUT2D eigenvalue weighted by atomic mass is 16.6. The number of hydrogen-bond acceptors (Lipinski definition) is 9. The molecule has 0 radical (unpaired) electrons. The van der Waals surface area contributed by atoms with Crippen LogP contribution in [-0.2, 0) is 19.2 Å². The molecule has 0 amide bonds. The van der Waals surface area contributed by atoms with Crippen molar-refractivity contribution in [3.63, 3.8) is 0 Å². The van der Waals surface area contributed by atoms with Crippen LogP contribution in [0.5, 0.6) is 28.7 Å². The molecule has 0 saturated carbocycles. The first-order valence-corrected chi connectivity index (χ1v) is 16.4. The molecule has 0 saturated heterocycles. The molecular weight excluding hydrogens is 672 g/mol. The summed E-state index contributed by atoms with van der Waals surface area (Å²) in [6.07, 6.45) is 10.3. The number of carbonyl (C=O) groups excluding carboxylic acids is 4. The SMILES string of the molecule is C=CC.C=CC(=O)Oc1ccc(/C=C/c2ccc(-c3ccc(-c4ccc(OC)c(OC=O)c4)cc3OC=C(C)C)cc2)cc1OC(=O)CC.C=CC=O. The van der Waals surface area contributed by atoms with E-state index in [9.17, 15) is 14.4 Å². The predicted octanol–water partition coefficient (Wildman–Crippen LogP) is 10.0. The van der Waals surface area contributed by atoms with Crippen molar-refractivity contribution < 1.29 is 42.9 Å². The van der Waals surface area contributed by atoms with E-state index in [1.165, 1.54) is 13.2 Å². The van der Waals surface area contributed by atoms with E-state index < -0.39 is 11.9 Å². The number of ether oxygens (including phenoxy) is 5. The maximum atomic E-state index is 11.9. The zero-order valence-electron chi connectivity index (χ0n) is 30.6. The number of carbonyl (C=O) groups is 4. The van der Waals surface area contributed by atoms with Crippen molar-refractivity contribution in [3.05, 3.63) is 140 Å². The van der Waals surface area contributed by atoms with Gasteiger partial charge in [-0.05, 0) is 90.6 Å². The fraction of sp³-hybridized carbons (Fsp3) is 0.136. The summed E-state index contributed by atoms with van der Waals surface area (Å²) in [5.74, 6) is 0.603. The van der Waals surface area contributed by atoms with Crippen LogP contribution in [-0.4, -0.2) is 31.8 Å². The lowest BCUT2D eigenvalue weighted by Crippen LogP contribution is -2.09. The van der Waals surface area contributed by atoms with Crippen LogP contribution in [0.2, 0.25) is 0 Å². The molecule has 0 fully saturated rings. The Hall–Kier alpha value is -6.74. The number of allylic oxidation sites excluding steroid dienone is 3. The first-order chi connectivity index (χ1) is 25.6. The van der Waals surface area contributed by atoms with Gasteiger partial charge in [-0.3, -0.25) is 14.4 Å². The lowest BCUT2D eigenvalue weighted by Gasteiger charge is -2.13. The molecule has 0 aromatic heterocycles. The van der Waals surface area contributed by atoms with Crippen molar-refractivity contribution in [2.75, 3.05) is 7.11 Å². The highest BCUT2D eigenvalue weighted by Crippen LogP contribution is 2.38. The molecule has 0 unspecified atom stereocenters. The van der Waals surface area contributed by atoms with E-state index in [2.05, 4.69) is 19.7 Å². The van der Waals surface area contributed by atoms with E-state index in [0.29, 0.717) is 30.0 Å². The largest absolute Gasteiger partial charge is 0.493 e. The molecule has 0 atom stereocenters. The molecule has 0 aliphatic rings. The topological polar surface area (TPSA) is 114 Å². The highest BCUT2D eigenvalue weighted by molar-refractivity contribution is 5.85. The molecule has 9 heteroatoms. The molecule has 274 valence electrons. The van der Waals surface area contributed by atoms with Gasteiger partial charge in [0, 0.05) is 18.1 Å². The monoisotopic (exact) mass is 716 g/mol. The second-order valence-electron chi connectivity index (χ2n) is 11.0. The minimum Gasteiger partial charge on any atom is -0.493 e. The number of methoxy groups -OCH3 is 1. The van der Waals surface area contributed by atoms with E-state index in [0.717, 1.165) is 45.0 Å². The number of benzene rings is 4. The number of hydrogen-bond donors (Lipinski definition) is 0. The average Bonchev–Trinajstić information content (AvgIpc) is 3.17. The zero-order chi connectivity index (χ0) is 39.2. The van der Waals surface area contributed by atoms with Gasteiger partial charge in [0.1, 0.15) is 12.0 Å². The molecule has 0 N–H and O–H groups in total. The summed E-state index contributed by atoms with van der Waals surface area (Å²) >= 11 is 0. The Balaban J connectivity index is 0.00000128. The summed E-state index contributed by atoms with van der Waals surface area (Å²) in [5, 5.41) is 0. The molecular formula is C44H44O9. The number of esters is 2. The standard InChI is InChI=1S/C38H34O8.C3H4O.C3H6/c1-6-37(40)45-33-18-12-27(20-36(33)46-38(41)7-2)9-8-26-10-13-28(14-11-26)31-17-15-29(21-34(31)43-23-25(3)4)30-16-19-32(42-5)35(22-30)44-24-39;1-2-3-4;1-3-2/h6,8-24H,1,7H2,2-5H3;2-3H,1H2;3H,1H2,2H3/b9-8+;;. The van der Waals surface area contributed by atoms with Crippen molar-refractivity contribution in [3.8, 4) is 51.0 Å². The van der Waals surface area contributed by atoms with Crippen LogP contribution in [0.25, 0.3) is 34.4 Å². The van der Waals surface area contributed by atoms with Crippen LogP contribution >= 0.6 is 0 Å². The minimum absolute atomic E-state index is 0.132. The molecule has 4 rings (SSSR count). The third-order valence-electron chi connectivity index (χ3n) is 6.72. The van der Waals surface area contributed by atoms with Crippen LogP contribution in [0.4, 0.5) is 0 Å². The predicted molar refractivity (Wildman–Crippen MR) is 210 cm³/mol. The summed E-state index contributed by atoms with van der Waals surface area (Å²) < 4.78 is 27.1. The van der Waals surface area contributed by atoms with Crippen molar-refractivity contribution in [2.24, 2.45) is 0 Å². The Morgan fingerprint density at radius 1 is 0.679 bits per heavy atom. The van der Waals surface area contributed by atoms with E-state index >= 15 is 0 Å². The second-order valence-corrected chi connectivity index (χ2v) is 11.0. The molecule has 0 spiro atoms. The summed E-state index contributed by atoms with van der Waals surface area (Å²) in [7, 11) is 1.51. The minimum atomic E-state index is -0.653. The van der Waals surface area contributed by atoms with Crippen LogP contribution < -0.4 is 23.7 Å². The van der Waals surface area contributed by atoms with Gasteiger partial charge in [-0.1, -0.05) is 86.8 Å². The van der Waals surface area contributed by atoms with Crippen LogP contribution in [0.3, 0.4) is 0 Å². The van der Waals surface area contributed by atoms with Crippen molar-refractivity contribution >= 4 is 36.8 Å². The fourth-order valence-corrected chi connectivity index (χ4v) is 4.32. The molecule has 53 heavy (non-hydrogen) atoms. The van der Waals surface area contributed by atoms with Crippen molar-refractivity contribution in [1.29, 1.82) is 0 Å².